The molecule has 1 heterocycles. The number of halogens is 3. The predicted octanol–water partition coefficient (Wildman–Crippen LogP) is 4.07. The van der Waals surface area contributed by atoms with Gasteiger partial charge in [0.2, 0.25) is 5.88 Å². The average Bonchev–Trinajstić information content (AvgIpc) is 3.10. The van der Waals surface area contributed by atoms with E-state index in [0.29, 0.717) is 21.7 Å². The molecule has 3 aromatic rings. The number of alkyl halides is 3. The summed E-state index contributed by atoms with van der Waals surface area (Å²) in [6.45, 7) is 1.81. The molecule has 0 saturated carbocycles. The summed E-state index contributed by atoms with van der Waals surface area (Å²) >= 11 is 0. The third kappa shape index (κ3) is 5.44. The zero-order valence-corrected chi connectivity index (χ0v) is 15.9. The van der Waals surface area contributed by atoms with Crippen molar-refractivity contribution in [2.45, 2.75) is 24.5 Å². The molecule has 6 nitrogen and oxygen atoms in total. The highest BCUT2D eigenvalue weighted by atomic mass is 32.2. The molecule has 10 heteroatoms. The van der Waals surface area contributed by atoms with Crippen LogP contribution in [0.1, 0.15) is 27.2 Å². The Morgan fingerprint density at radius 2 is 1.76 bits per heavy atom. The Hall–Kier alpha value is -3.14. The second-order valence-electron chi connectivity index (χ2n) is 6.11. The summed E-state index contributed by atoms with van der Waals surface area (Å²) in [5.74, 6) is -0.139. The van der Waals surface area contributed by atoms with Crippen LogP contribution in [0.4, 0.5) is 19.1 Å². The zero-order valence-electron chi connectivity index (χ0n) is 15.1. The summed E-state index contributed by atoms with van der Waals surface area (Å²) in [5.41, 5.74) is 0.763. The molecule has 152 valence electrons. The number of nitrogens with zero attached hydrogens (tertiary/aromatic N) is 1. The molecule has 1 amide bonds. The first kappa shape index (κ1) is 20.6. The molecule has 1 unspecified atom stereocenters. The highest BCUT2D eigenvalue weighted by molar-refractivity contribution is 7.86. The van der Waals surface area contributed by atoms with Crippen LogP contribution in [0.25, 0.3) is 0 Å². The van der Waals surface area contributed by atoms with Gasteiger partial charge in [0.25, 0.3) is 5.91 Å². The van der Waals surface area contributed by atoms with Crippen LogP contribution >= 0.6 is 0 Å². The molecule has 29 heavy (non-hydrogen) atoms. The van der Waals surface area contributed by atoms with Crippen LogP contribution in [0.15, 0.2) is 64.0 Å². The first-order valence-corrected chi connectivity index (χ1v) is 9.53. The first-order valence-electron chi connectivity index (χ1n) is 8.38. The number of aryl methyl sites for hydroxylation is 1. The molecule has 0 aliphatic heterocycles. The number of hydrogen-bond acceptors (Lipinski definition) is 4. The molecule has 0 saturated heterocycles. The average molecular weight is 423 g/mol. The van der Waals surface area contributed by atoms with Gasteiger partial charge in [-0.25, -0.2) is 4.21 Å². The summed E-state index contributed by atoms with van der Waals surface area (Å²) in [5, 5.41) is 6.31. The Balaban J connectivity index is 1.56. The summed E-state index contributed by atoms with van der Waals surface area (Å²) < 4.78 is 57.5. The van der Waals surface area contributed by atoms with Gasteiger partial charge in [0.1, 0.15) is 0 Å². The molecular weight excluding hydrogens is 407 g/mol. The Bertz CT molecular complexity index is 1020. The SMILES string of the molecule is Cc1cc(NS(=O)c2ccc(C(=O)NCc3ccc(C(F)(F)F)cc3)cc2)on1. The summed E-state index contributed by atoms with van der Waals surface area (Å²) in [6, 6.07) is 12.2. The number of hydrogen-bond donors (Lipinski definition) is 2. The lowest BCUT2D eigenvalue weighted by atomic mass is 10.1. The Morgan fingerprint density at radius 3 is 2.31 bits per heavy atom. The highest BCUT2D eigenvalue weighted by Gasteiger charge is 2.29. The van der Waals surface area contributed by atoms with Crippen molar-refractivity contribution in [3.8, 4) is 0 Å². The fourth-order valence-electron chi connectivity index (χ4n) is 2.39. The van der Waals surface area contributed by atoms with Crippen LogP contribution in [0.3, 0.4) is 0 Å². The van der Waals surface area contributed by atoms with Gasteiger partial charge in [-0.2, -0.15) is 13.2 Å². The van der Waals surface area contributed by atoms with Gasteiger partial charge in [0.15, 0.2) is 11.0 Å². The second-order valence-corrected chi connectivity index (χ2v) is 7.32. The van der Waals surface area contributed by atoms with Crippen molar-refractivity contribution in [2.24, 2.45) is 0 Å². The van der Waals surface area contributed by atoms with Crippen molar-refractivity contribution in [1.82, 2.24) is 10.5 Å². The van der Waals surface area contributed by atoms with E-state index >= 15 is 0 Å². The number of aromatic nitrogens is 1. The van der Waals surface area contributed by atoms with Crippen LogP contribution < -0.4 is 10.0 Å². The van der Waals surface area contributed by atoms with Gasteiger partial charge >= 0.3 is 6.18 Å². The number of carbonyl (C=O) groups excluding carboxylic acids is 1. The molecule has 2 N–H and O–H groups in total. The van der Waals surface area contributed by atoms with Gasteiger partial charge in [0, 0.05) is 18.2 Å². The molecule has 0 aliphatic rings. The van der Waals surface area contributed by atoms with Crippen LogP contribution in [-0.4, -0.2) is 15.3 Å². The number of benzene rings is 2. The Morgan fingerprint density at radius 1 is 1.10 bits per heavy atom. The maximum atomic E-state index is 12.6. The van der Waals surface area contributed by atoms with Crippen molar-refractivity contribution >= 4 is 22.8 Å². The Kier molecular flexibility index (Phi) is 6.02. The minimum absolute atomic E-state index is 0.0804. The van der Waals surface area contributed by atoms with Gasteiger partial charge < -0.3 is 9.84 Å². The van der Waals surface area contributed by atoms with E-state index < -0.39 is 28.6 Å². The lowest BCUT2D eigenvalue weighted by Gasteiger charge is -2.09. The molecule has 0 aliphatic carbocycles. The van der Waals surface area contributed by atoms with E-state index in [0.717, 1.165) is 12.1 Å². The maximum Gasteiger partial charge on any atom is 0.416 e. The molecule has 3 rings (SSSR count). The molecular formula is C19H16F3N3O3S. The maximum absolute atomic E-state index is 12.6. The number of nitrogens with one attached hydrogen (secondary N) is 2. The molecule has 1 atom stereocenters. The fraction of sp³-hybridized carbons (Fsp3) is 0.158. The highest BCUT2D eigenvalue weighted by Crippen LogP contribution is 2.29. The molecule has 0 spiro atoms. The summed E-state index contributed by atoms with van der Waals surface area (Å²) in [4.78, 5) is 12.6. The fourth-order valence-corrected chi connectivity index (χ4v) is 3.17. The zero-order chi connectivity index (χ0) is 21.0. The number of amides is 1. The predicted molar refractivity (Wildman–Crippen MR) is 100 cm³/mol. The Labute approximate surface area is 166 Å². The van der Waals surface area contributed by atoms with Crippen molar-refractivity contribution < 1.29 is 26.7 Å². The van der Waals surface area contributed by atoms with Crippen molar-refractivity contribution in [3.05, 3.63) is 77.0 Å². The number of carbonyl (C=O) groups is 1. The van der Waals surface area contributed by atoms with E-state index in [1.165, 1.54) is 36.4 Å². The summed E-state index contributed by atoms with van der Waals surface area (Å²) in [7, 11) is -1.59. The monoisotopic (exact) mass is 423 g/mol. The van der Waals surface area contributed by atoms with Crippen LogP contribution in [0.5, 0.6) is 0 Å². The lowest BCUT2D eigenvalue weighted by molar-refractivity contribution is -0.137. The van der Waals surface area contributed by atoms with E-state index in [2.05, 4.69) is 15.2 Å². The lowest BCUT2D eigenvalue weighted by Crippen LogP contribution is -2.22. The standard InChI is InChI=1S/C19H16F3N3O3S/c1-12-10-17(28-24-12)25-29(27)16-8-4-14(5-9-16)18(26)23-11-13-2-6-15(7-3-13)19(20,21)22/h2-10,25H,11H2,1H3,(H,23,26). The van der Waals surface area contributed by atoms with Gasteiger partial charge in [-0.15, -0.1) is 0 Å². The first-order chi connectivity index (χ1) is 13.7. The van der Waals surface area contributed by atoms with E-state index in [1.807, 2.05) is 0 Å². The van der Waals surface area contributed by atoms with Gasteiger partial charge in [-0.3, -0.25) is 9.52 Å². The second kappa shape index (κ2) is 8.48. The third-order valence-electron chi connectivity index (χ3n) is 3.89. The van der Waals surface area contributed by atoms with Crippen LogP contribution in [0.2, 0.25) is 0 Å². The molecule has 2 aromatic carbocycles. The van der Waals surface area contributed by atoms with Crippen molar-refractivity contribution in [1.29, 1.82) is 0 Å². The van der Waals surface area contributed by atoms with Crippen LogP contribution in [-0.2, 0) is 23.7 Å². The van der Waals surface area contributed by atoms with Crippen molar-refractivity contribution in [3.63, 3.8) is 0 Å². The normalized spacial score (nSPS) is 12.4. The third-order valence-corrected chi connectivity index (χ3v) is 4.97. The van der Waals surface area contributed by atoms with Crippen molar-refractivity contribution in [2.75, 3.05) is 4.72 Å². The van der Waals surface area contributed by atoms with E-state index in [9.17, 15) is 22.2 Å². The topological polar surface area (TPSA) is 84.2 Å². The molecule has 1 aromatic heterocycles. The van der Waals surface area contributed by atoms with Crippen LogP contribution in [0, 0.1) is 6.92 Å². The number of rotatable bonds is 6. The quantitative estimate of drug-likeness (QED) is 0.626. The minimum Gasteiger partial charge on any atom is -0.348 e. The molecule has 0 fully saturated rings. The van der Waals surface area contributed by atoms with Gasteiger partial charge in [-0.1, -0.05) is 17.3 Å². The van der Waals surface area contributed by atoms with E-state index in [-0.39, 0.29) is 12.4 Å². The van der Waals surface area contributed by atoms with Gasteiger partial charge in [0.05, 0.1) is 16.2 Å². The largest absolute Gasteiger partial charge is 0.416 e. The van der Waals surface area contributed by atoms with E-state index in [1.54, 1.807) is 13.0 Å². The smallest absolute Gasteiger partial charge is 0.348 e. The van der Waals surface area contributed by atoms with E-state index in [4.69, 9.17) is 4.52 Å². The van der Waals surface area contributed by atoms with Gasteiger partial charge in [-0.05, 0) is 48.9 Å². The molecule has 0 bridgehead atoms. The minimum atomic E-state index is -4.40. The molecule has 0 radical (unpaired) electrons. The number of anilines is 1. The summed E-state index contributed by atoms with van der Waals surface area (Å²) in [6.07, 6.45) is -4.40.